The Kier molecular flexibility index (Phi) is 4.89. The lowest BCUT2D eigenvalue weighted by Gasteiger charge is -2.09. The second kappa shape index (κ2) is 9.25. The Morgan fingerprint density at radius 2 is 1.08 bits per heavy atom. The number of benzene rings is 8. The fourth-order valence-electron chi connectivity index (χ4n) is 8.60. The highest BCUT2D eigenvalue weighted by atomic mass is 32.1. The number of furan rings is 1. The van der Waals surface area contributed by atoms with Gasteiger partial charge in [-0.1, -0.05) is 97.1 Å². The van der Waals surface area contributed by atoms with Crippen LogP contribution in [-0.4, -0.2) is 4.57 Å². The highest BCUT2D eigenvalue weighted by molar-refractivity contribution is 7.25. The van der Waals surface area contributed by atoms with Crippen molar-refractivity contribution in [2.45, 2.75) is 0 Å². The third kappa shape index (κ3) is 3.40. The monoisotopic (exact) mass is 639 g/mol. The van der Waals surface area contributed by atoms with Crippen molar-refractivity contribution < 1.29 is 4.42 Å². The summed E-state index contributed by atoms with van der Waals surface area (Å²) in [4.78, 5) is 0. The Labute approximate surface area is 284 Å². The van der Waals surface area contributed by atoms with E-state index in [1.54, 1.807) is 0 Å². The van der Waals surface area contributed by atoms with Crippen molar-refractivity contribution in [2.24, 2.45) is 0 Å². The topological polar surface area (TPSA) is 18.1 Å². The Morgan fingerprint density at radius 1 is 0.388 bits per heavy atom. The summed E-state index contributed by atoms with van der Waals surface area (Å²) in [7, 11) is 0. The van der Waals surface area contributed by atoms with Gasteiger partial charge in [-0.15, -0.1) is 11.3 Å². The van der Waals surface area contributed by atoms with E-state index < -0.39 is 0 Å². The molecule has 226 valence electrons. The van der Waals surface area contributed by atoms with Gasteiger partial charge in [0.05, 0.1) is 11.0 Å². The highest BCUT2D eigenvalue weighted by Gasteiger charge is 2.24. The quantitative estimate of drug-likeness (QED) is 0.184. The van der Waals surface area contributed by atoms with E-state index in [1.165, 1.54) is 97.2 Å². The molecule has 12 rings (SSSR count). The first-order valence-corrected chi connectivity index (χ1v) is 17.6. The largest absolute Gasteiger partial charge is 0.456 e. The van der Waals surface area contributed by atoms with Crippen molar-refractivity contribution in [3.8, 4) is 39.1 Å². The molecule has 0 fully saturated rings. The van der Waals surface area contributed by atoms with Gasteiger partial charge in [-0.2, -0.15) is 0 Å². The van der Waals surface area contributed by atoms with Gasteiger partial charge in [0.1, 0.15) is 11.2 Å². The molecule has 0 saturated heterocycles. The lowest BCUT2D eigenvalue weighted by atomic mass is 9.96. The van der Waals surface area contributed by atoms with Crippen LogP contribution in [0.5, 0.6) is 0 Å². The molecule has 11 aromatic rings. The van der Waals surface area contributed by atoms with E-state index in [1.807, 2.05) is 11.3 Å². The Balaban J connectivity index is 1.06. The van der Waals surface area contributed by atoms with Crippen LogP contribution in [0, 0.1) is 0 Å². The van der Waals surface area contributed by atoms with Gasteiger partial charge < -0.3 is 8.98 Å². The second-order valence-electron chi connectivity index (χ2n) is 13.2. The Morgan fingerprint density at radius 3 is 2.00 bits per heavy atom. The lowest BCUT2D eigenvalue weighted by molar-refractivity contribution is 0.669. The van der Waals surface area contributed by atoms with Crippen LogP contribution in [0.2, 0.25) is 0 Å². The van der Waals surface area contributed by atoms with E-state index in [0.29, 0.717) is 0 Å². The molecule has 3 heterocycles. The van der Waals surface area contributed by atoms with Gasteiger partial charge in [0, 0.05) is 47.4 Å². The minimum atomic E-state index is 0.922. The third-order valence-corrected chi connectivity index (χ3v) is 11.9. The molecule has 2 nitrogen and oxygen atoms in total. The van der Waals surface area contributed by atoms with E-state index in [2.05, 4.69) is 156 Å². The van der Waals surface area contributed by atoms with E-state index in [9.17, 15) is 0 Å². The van der Waals surface area contributed by atoms with Gasteiger partial charge >= 0.3 is 0 Å². The molecule has 0 unspecified atom stereocenters. The fourth-order valence-corrected chi connectivity index (χ4v) is 9.74. The average Bonchev–Trinajstić information content (AvgIpc) is 3.89. The smallest absolute Gasteiger partial charge is 0.136 e. The van der Waals surface area contributed by atoms with E-state index >= 15 is 0 Å². The Hall–Kier alpha value is -6.16. The second-order valence-corrected chi connectivity index (χ2v) is 14.3. The maximum absolute atomic E-state index is 6.56. The van der Waals surface area contributed by atoms with Gasteiger partial charge in [0.15, 0.2) is 0 Å². The molecule has 3 aromatic heterocycles. The summed E-state index contributed by atoms with van der Waals surface area (Å²) >= 11 is 1.87. The van der Waals surface area contributed by atoms with Gasteiger partial charge in [-0.25, -0.2) is 0 Å². The SMILES string of the molecule is c1ccc2c(c1)-c1cccc3c1c-2cc1oc2ccc(-c4ccc5c(c4)c4ccccc4n5-c4ccc5c(c4)sc4ccccc45)cc2c13. The molecule has 3 heteroatoms. The molecular formula is C46H25NOS. The van der Waals surface area contributed by atoms with Crippen molar-refractivity contribution >= 4 is 86.0 Å². The van der Waals surface area contributed by atoms with Crippen molar-refractivity contribution in [1.82, 2.24) is 4.57 Å². The van der Waals surface area contributed by atoms with E-state index in [4.69, 9.17) is 4.42 Å². The zero-order valence-electron chi connectivity index (χ0n) is 26.2. The first kappa shape index (κ1) is 25.9. The number of aromatic nitrogens is 1. The molecule has 1 aliphatic rings. The molecule has 0 radical (unpaired) electrons. The third-order valence-electron chi connectivity index (χ3n) is 10.7. The predicted octanol–water partition coefficient (Wildman–Crippen LogP) is 13.5. The standard InChI is InChI=1S/C46H25NOS/c1-2-9-30-29(8-1)34-12-7-13-35-45(34)37(30)25-42-46(35)38-23-27(17-21-41(38)48-42)26-16-20-40-36(22-26)31-10-3-5-14-39(31)47(40)28-18-19-33-32-11-4-6-15-43(32)49-44(33)24-28/h1-25H. The molecule has 0 spiro atoms. The average molecular weight is 640 g/mol. The van der Waals surface area contributed by atoms with Gasteiger partial charge in [0.25, 0.3) is 0 Å². The molecule has 0 aliphatic heterocycles. The Bertz CT molecular complexity index is 3230. The molecule has 1 aliphatic carbocycles. The summed E-state index contributed by atoms with van der Waals surface area (Å²) in [6.07, 6.45) is 0. The number of rotatable bonds is 2. The maximum atomic E-state index is 6.56. The summed E-state index contributed by atoms with van der Waals surface area (Å²) in [5, 5.41) is 10.1. The first-order chi connectivity index (χ1) is 24.3. The van der Waals surface area contributed by atoms with Gasteiger partial charge in [-0.05, 0) is 98.8 Å². The van der Waals surface area contributed by atoms with Gasteiger partial charge in [0.2, 0.25) is 0 Å². The minimum Gasteiger partial charge on any atom is -0.456 e. The van der Waals surface area contributed by atoms with Crippen LogP contribution >= 0.6 is 11.3 Å². The van der Waals surface area contributed by atoms with Crippen molar-refractivity contribution in [3.05, 3.63) is 152 Å². The molecule has 49 heavy (non-hydrogen) atoms. The lowest BCUT2D eigenvalue weighted by Crippen LogP contribution is -1.93. The number of para-hydroxylation sites is 1. The van der Waals surface area contributed by atoms with E-state index in [-0.39, 0.29) is 0 Å². The fraction of sp³-hybridized carbons (Fsp3) is 0. The molecule has 0 saturated carbocycles. The van der Waals surface area contributed by atoms with Crippen LogP contribution in [0.3, 0.4) is 0 Å². The van der Waals surface area contributed by atoms with Crippen LogP contribution < -0.4 is 0 Å². The van der Waals surface area contributed by atoms with Crippen LogP contribution in [0.25, 0.3) is 114 Å². The summed E-state index contributed by atoms with van der Waals surface area (Å²) in [6, 6.07) is 55.7. The molecule has 0 amide bonds. The number of nitrogens with zero attached hydrogens (tertiary/aromatic N) is 1. The number of hydrogen-bond acceptors (Lipinski definition) is 2. The molecular weight excluding hydrogens is 615 g/mol. The van der Waals surface area contributed by atoms with Crippen molar-refractivity contribution in [3.63, 3.8) is 0 Å². The summed E-state index contributed by atoms with van der Waals surface area (Å²) in [6.45, 7) is 0. The normalized spacial score (nSPS) is 12.5. The maximum Gasteiger partial charge on any atom is 0.136 e. The van der Waals surface area contributed by atoms with E-state index in [0.717, 1.165) is 16.6 Å². The number of thiophene rings is 1. The first-order valence-electron chi connectivity index (χ1n) is 16.8. The van der Waals surface area contributed by atoms with Crippen molar-refractivity contribution in [2.75, 3.05) is 0 Å². The van der Waals surface area contributed by atoms with Crippen molar-refractivity contribution in [1.29, 1.82) is 0 Å². The molecule has 0 atom stereocenters. The molecule has 8 aromatic carbocycles. The summed E-state index contributed by atoms with van der Waals surface area (Å²) in [5.74, 6) is 0. The summed E-state index contributed by atoms with van der Waals surface area (Å²) < 4.78 is 11.6. The van der Waals surface area contributed by atoms with Crippen LogP contribution in [-0.2, 0) is 0 Å². The minimum absolute atomic E-state index is 0.922. The van der Waals surface area contributed by atoms with Crippen LogP contribution in [0.15, 0.2) is 156 Å². The van der Waals surface area contributed by atoms with Crippen LogP contribution in [0.1, 0.15) is 0 Å². The number of hydrogen-bond donors (Lipinski definition) is 0. The van der Waals surface area contributed by atoms with Gasteiger partial charge in [-0.3, -0.25) is 0 Å². The molecule has 0 bridgehead atoms. The molecule has 0 N–H and O–H groups in total. The highest BCUT2D eigenvalue weighted by Crippen LogP contribution is 2.51. The number of fused-ring (bicyclic) bond motifs is 13. The van der Waals surface area contributed by atoms with Crippen LogP contribution in [0.4, 0.5) is 0 Å². The predicted molar refractivity (Wildman–Crippen MR) is 208 cm³/mol. The zero-order valence-corrected chi connectivity index (χ0v) is 27.0. The zero-order chi connectivity index (χ0) is 31.8. The summed E-state index contributed by atoms with van der Waals surface area (Å²) in [5.41, 5.74) is 13.0.